The van der Waals surface area contributed by atoms with Crippen LogP contribution in [0, 0.1) is 0 Å². The fourth-order valence-corrected chi connectivity index (χ4v) is 3.60. The number of likely N-dealkylation sites (tertiary alicyclic amines) is 1. The molecule has 0 saturated carbocycles. The molecule has 1 unspecified atom stereocenters. The largest absolute Gasteiger partial charge is 0.507 e. The topological polar surface area (TPSA) is 87.1 Å². The van der Waals surface area contributed by atoms with Crippen LogP contribution in [0.25, 0.3) is 5.76 Å². The van der Waals surface area contributed by atoms with Gasteiger partial charge in [-0.05, 0) is 17.0 Å². The van der Waals surface area contributed by atoms with Crippen molar-refractivity contribution in [3.05, 3.63) is 76.9 Å². The van der Waals surface area contributed by atoms with Gasteiger partial charge in [0.25, 0.3) is 11.7 Å². The Morgan fingerprint density at radius 3 is 2.30 bits per heavy atom. The Bertz CT molecular complexity index is 918. The van der Waals surface area contributed by atoms with Crippen molar-refractivity contribution in [2.75, 3.05) is 26.4 Å². The first-order valence-corrected chi connectivity index (χ1v) is 10.1. The smallest absolute Gasteiger partial charge is 0.295 e. The Morgan fingerprint density at radius 2 is 1.70 bits per heavy atom. The second kappa shape index (κ2) is 9.69. The second-order valence-electron chi connectivity index (χ2n) is 7.52. The van der Waals surface area contributed by atoms with Crippen molar-refractivity contribution in [2.24, 2.45) is 0 Å². The zero-order valence-electron chi connectivity index (χ0n) is 17.2. The van der Waals surface area contributed by atoms with Gasteiger partial charge in [0.05, 0.1) is 31.4 Å². The van der Waals surface area contributed by atoms with Crippen LogP contribution in [0.2, 0.25) is 0 Å². The number of hydrogen-bond donors (Lipinski definition) is 2. The van der Waals surface area contributed by atoms with Gasteiger partial charge in [-0.25, -0.2) is 0 Å². The molecule has 3 rings (SSSR count). The normalized spacial score (nSPS) is 18.4. The Labute approximate surface area is 176 Å². The first-order valence-electron chi connectivity index (χ1n) is 10.1. The molecule has 30 heavy (non-hydrogen) atoms. The first-order chi connectivity index (χ1) is 14.5. The summed E-state index contributed by atoms with van der Waals surface area (Å²) in [5, 5.41) is 19.8. The molecule has 2 aromatic carbocycles. The molecule has 158 valence electrons. The van der Waals surface area contributed by atoms with Crippen LogP contribution in [-0.4, -0.2) is 53.2 Å². The fourth-order valence-electron chi connectivity index (χ4n) is 3.60. The zero-order valence-corrected chi connectivity index (χ0v) is 17.2. The molecule has 1 fully saturated rings. The molecule has 1 atom stereocenters. The van der Waals surface area contributed by atoms with E-state index in [1.807, 2.05) is 30.3 Å². The van der Waals surface area contributed by atoms with E-state index in [4.69, 9.17) is 9.84 Å². The minimum Gasteiger partial charge on any atom is -0.507 e. The summed E-state index contributed by atoms with van der Waals surface area (Å²) in [5.41, 5.74) is 2.45. The minimum atomic E-state index is -0.712. The molecule has 2 aromatic rings. The monoisotopic (exact) mass is 409 g/mol. The van der Waals surface area contributed by atoms with Gasteiger partial charge in [-0.3, -0.25) is 9.59 Å². The van der Waals surface area contributed by atoms with E-state index in [1.54, 1.807) is 24.3 Å². The maximum atomic E-state index is 12.9. The van der Waals surface area contributed by atoms with Crippen molar-refractivity contribution in [2.45, 2.75) is 25.8 Å². The molecule has 1 amide bonds. The number of ether oxygens (including phenoxy) is 1. The van der Waals surface area contributed by atoms with E-state index < -0.39 is 17.7 Å². The molecular weight excluding hydrogens is 382 g/mol. The van der Waals surface area contributed by atoms with E-state index in [0.29, 0.717) is 11.5 Å². The number of ketones is 1. The maximum absolute atomic E-state index is 12.9. The van der Waals surface area contributed by atoms with Crippen LogP contribution >= 0.6 is 0 Å². The van der Waals surface area contributed by atoms with E-state index in [-0.39, 0.29) is 37.7 Å². The average Bonchev–Trinajstić information content (AvgIpc) is 3.01. The number of rotatable bonds is 8. The molecule has 2 N–H and O–H groups in total. The standard InChI is InChI=1S/C24H27NO5/c1-16(2)17-8-10-18(11-9-17)21-20(22(27)19-6-4-3-5-7-19)23(28)24(29)25(21)12-14-30-15-13-26/h3-11,16,21,26-27H,12-15H2,1-2H3. The minimum absolute atomic E-state index is 0.0747. The summed E-state index contributed by atoms with van der Waals surface area (Å²) >= 11 is 0. The SMILES string of the molecule is CC(C)c1ccc(C2C(=C(O)c3ccccc3)C(=O)C(=O)N2CCOCCO)cc1. The number of carbonyl (C=O) groups excluding carboxylic acids is 2. The van der Waals surface area contributed by atoms with Crippen LogP contribution in [0.3, 0.4) is 0 Å². The van der Waals surface area contributed by atoms with Crippen LogP contribution in [-0.2, 0) is 14.3 Å². The molecule has 6 nitrogen and oxygen atoms in total. The third-order valence-corrected chi connectivity index (χ3v) is 5.22. The van der Waals surface area contributed by atoms with Gasteiger partial charge in [0.1, 0.15) is 5.76 Å². The van der Waals surface area contributed by atoms with E-state index in [9.17, 15) is 14.7 Å². The van der Waals surface area contributed by atoms with Crippen molar-refractivity contribution in [3.8, 4) is 0 Å². The van der Waals surface area contributed by atoms with Gasteiger partial charge < -0.3 is 19.8 Å². The predicted octanol–water partition coefficient (Wildman–Crippen LogP) is 3.24. The summed E-state index contributed by atoms with van der Waals surface area (Å²) < 4.78 is 5.31. The van der Waals surface area contributed by atoms with Crippen LogP contribution < -0.4 is 0 Å². The van der Waals surface area contributed by atoms with Crippen LogP contribution in [0.4, 0.5) is 0 Å². The van der Waals surface area contributed by atoms with Gasteiger partial charge in [-0.2, -0.15) is 0 Å². The van der Waals surface area contributed by atoms with Crippen LogP contribution in [0.5, 0.6) is 0 Å². The Kier molecular flexibility index (Phi) is 7.03. The maximum Gasteiger partial charge on any atom is 0.295 e. The molecule has 1 aliphatic rings. The number of aliphatic hydroxyl groups excluding tert-OH is 2. The molecule has 0 aliphatic carbocycles. The molecule has 0 bridgehead atoms. The summed E-state index contributed by atoms with van der Waals surface area (Å²) in [6, 6.07) is 15.8. The number of aliphatic hydroxyl groups is 2. The van der Waals surface area contributed by atoms with Gasteiger partial charge in [-0.1, -0.05) is 68.4 Å². The number of amides is 1. The van der Waals surface area contributed by atoms with Crippen molar-refractivity contribution in [3.63, 3.8) is 0 Å². The van der Waals surface area contributed by atoms with Crippen LogP contribution in [0.15, 0.2) is 60.2 Å². The molecule has 1 heterocycles. The lowest BCUT2D eigenvalue weighted by atomic mass is 9.93. The van der Waals surface area contributed by atoms with Crippen molar-refractivity contribution >= 4 is 17.4 Å². The summed E-state index contributed by atoms with van der Waals surface area (Å²) in [6.45, 7) is 4.57. The first kappa shape index (κ1) is 21.7. The summed E-state index contributed by atoms with van der Waals surface area (Å²) in [7, 11) is 0. The molecule has 0 spiro atoms. The highest BCUT2D eigenvalue weighted by molar-refractivity contribution is 6.46. The van der Waals surface area contributed by atoms with Crippen molar-refractivity contribution in [1.29, 1.82) is 0 Å². The lowest BCUT2D eigenvalue weighted by Crippen LogP contribution is -2.33. The number of hydrogen-bond acceptors (Lipinski definition) is 5. The van der Waals surface area contributed by atoms with Gasteiger partial charge in [0.2, 0.25) is 0 Å². The highest BCUT2D eigenvalue weighted by Gasteiger charge is 2.45. The van der Waals surface area contributed by atoms with Gasteiger partial charge in [0.15, 0.2) is 0 Å². The lowest BCUT2D eigenvalue weighted by molar-refractivity contribution is -0.140. The van der Waals surface area contributed by atoms with Crippen LogP contribution in [0.1, 0.15) is 42.5 Å². The second-order valence-corrected chi connectivity index (χ2v) is 7.52. The average molecular weight is 409 g/mol. The Morgan fingerprint density at radius 1 is 1.03 bits per heavy atom. The van der Waals surface area contributed by atoms with Gasteiger partial charge in [-0.15, -0.1) is 0 Å². The molecule has 1 saturated heterocycles. The highest BCUT2D eigenvalue weighted by Crippen LogP contribution is 2.39. The summed E-state index contributed by atoms with van der Waals surface area (Å²) in [4.78, 5) is 27.1. The van der Waals surface area contributed by atoms with E-state index >= 15 is 0 Å². The number of benzene rings is 2. The summed E-state index contributed by atoms with van der Waals surface area (Å²) in [6.07, 6.45) is 0. The molecule has 0 radical (unpaired) electrons. The van der Waals surface area contributed by atoms with E-state index in [2.05, 4.69) is 13.8 Å². The quantitative estimate of drug-likeness (QED) is 0.303. The number of nitrogens with zero attached hydrogens (tertiary/aromatic N) is 1. The fraction of sp³-hybridized carbons (Fsp3) is 0.333. The van der Waals surface area contributed by atoms with E-state index in [0.717, 1.165) is 11.1 Å². The number of carbonyl (C=O) groups is 2. The number of Topliss-reactive ketones (excluding diaryl/α,β-unsaturated/α-hetero) is 1. The predicted molar refractivity (Wildman–Crippen MR) is 114 cm³/mol. The van der Waals surface area contributed by atoms with Crippen molar-refractivity contribution in [1.82, 2.24) is 4.90 Å². The van der Waals surface area contributed by atoms with Crippen molar-refractivity contribution < 1.29 is 24.5 Å². The summed E-state index contributed by atoms with van der Waals surface area (Å²) in [5.74, 6) is -1.22. The highest BCUT2D eigenvalue weighted by atomic mass is 16.5. The zero-order chi connectivity index (χ0) is 21.7. The molecular formula is C24H27NO5. The molecule has 0 aromatic heterocycles. The Hall–Kier alpha value is -2.96. The van der Waals surface area contributed by atoms with Gasteiger partial charge in [0, 0.05) is 12.1 Å². The van der Waals surface area contributed by atoms with E-state index in [1.165, 1.54) is 4.90 Å². The van der Waals surface area contributed by atoms with Gasteiger partial charge >= 0.3 is 0 Å². The lowest BCUT2D eigenvalue weighted by Gasteiger charge is -2.25. The molecule has 1 aliphatic heterocycles. The third kappa shape index (κ3) is 4.45. The Balaban J connectivity index is 2.05. The third-order valence-electron chi connectivity index (χ3n) is 5.22. The molecule has 6 heteroatoms.